The van der Waals surface area contributed by atoms with Crippen molar-refractivity contribution in [1.82, 2.24) is 14.9 Å². The van der Waals surface area contributed by atoms with E-state index < -0.39 is 0 Å². The fourth-order valence-corrected chi connectivity index (χ4v) is 5.12. The molecule has 1 amide bonds. The zero-order chi connectivity index (χ0) is 18.1. The van der Waals surface area contributed by atoms with Crippen LogP contribution < -0.4 is 5.32 Å². The predicted molar refractivity (Wildman–Crippen MR) is 106 cm³/mol. The first kappa shape index (κ1) is 17.3. The van der Waals surface area contributed by atoms with Crippen molar-refractivity contribution in [2.75, 3.05) is 18.9 Å². The van der Waals surface area contributed by atoms with Gasteiger partial charge >= 0.3 is 0 Å². The van der Waals surface area contributed by atoms with Crippen LogP contribution in [-0.2, 0) is 19.4 Å². The van der Waals surface area contributed by atoms with Gasteiger partial charge in [-0.15, -0.1) is 22.7 Å². The van der Waals surface area contributed by atoms with E-state index in [9.17, 15) is 4.79 Å². The van der Waals surface area contributed by atoms with Crippen molar-refractivity contribution in [3.05, 3.63) is 62.0 Å². The Balaban J connectivity index is 1.48. The fourth-order valence-electron chi connectivity index (χ4n) is 3.04. The summed E-state index contributed by atoms with van der Waals surface area (Å²) in [6, 6.07) is 10.2. The van der Waals surface area contributed by atoms with E-state index in [0.29, 0.717) is 10.0 Å². The lowest BCUT2D eigenvalue weighted by Crippen LogP contribution is -2.25. The molecule has 5 nitrogen and oxygen atoms in total. The standard InChI is InChI=1S/C19H20N4OS2/c1-12-17(26-16(20-12)10-13-6-4-3-5-7-13)18(24)22-19-21-14-8-9-23(2)11-15(14)25-19/h3-7H,8-11H2,1-2H3,(H,21,22,24). The van der Waals surface area contributed by atoms with Gasteiger partial charge in [0.2, 0.25) is 0 Å². The average molecular weight is 385 g/mol. The molecule has 0 bridgehead atoms. The number of anilines is 1. The van der Waals surface area contributed by atoms with E-state index in [0.717, 1.165) is 42.3 Å². The summed E-state index contributed by atoms with van der Waals surface area (Å²) < 4.78 is 0. The van der Waals surface area contributed by atoms with E-state index in [1.807, 2.05) is 25.1 Å². The third-order valence-corrected chi connectivity index (χ3v) is 6.54. The number of thiazole rings is 2. The smallest absolute Gasteiger partial charge is 0.269 e. The Morgan fingerprint density at radius 1 is 1.23 bits per heavy atom. The van der Waals surface area contributed by atoms with E-state index in [1.54, 1.807) is 11.3 Å². The Morgan fingerprint density at radius 3 is 2.85 bits per heavy atom. The van der Waals surface area contributed by atoms with Crippen LogP contribution in [-0.4, -0.2) is 34.4 Å². The lowest BCUT2D eigenvalue weighted by Gasteiger charge is -2.20. The number of likely N-dealkylation sites (N-methyl/N-ethyl adjacent to an activating group) is 1. The number of aryl methyl sites for hydroxylation is 1. The average Bonchev–Trinajstić information content (AvgIpc) is 3.18. The maximum atomic E-state index is 12.7. The van der Waals surface area contributed by atoms with Crippen LogP contribution in [0.15, 0.2) is 30.3 Å². The third-order valence-electron chi connectivity index (χ3n) is 4.39. The van der Waals surface area contributed by atoms with Gasteiger partial charge in [0.25, 0.3) is 5.91 Å². The second-order valence-corrected chi connectivity index (χ2v) is 8.68. The van der Waals surface area contributed by atoms with Gasteiger partial charge in [0.1, 0.15) is 4.88 Å². The van der Waals surface area contributed by atoms with Gasteiger partial charge in [-0.25, -0.2) is 9.97 Å². The molecule has 0 radical (unpaired) electrons. The number of carbonyl (C=O) groups is 1. The molecule has 0 fully saturated rings. The molecule has 1 aliphatic heterocycles. The molecule has 1 N–H and O–H groups in total. The number of hydrogen-bond donors (Lipinski definition) is 1. The summed E-state index contributed by atoms with van der Waals surface area (Å²) >= 11 is 3.04. The summed E-state index contributed by atoms with van der Waals surface area (Å²) in [6.45, 7) is 3.81. The minimum atomic E-state index is -0.112. The molecule has 3 heterocycles. The van der Waals surface area contributed by atoms with Crippen LogP contribution in [0.25, 0.3) is 0 Å². The second kappa shape index (κ2) is 7.26. The van der Waals surface area contributed by atoms with Crippen LogP contribution in [0.3, 0.4) is 0 Å². The van der Waals surface area contributed by atoms with Crippen molar-refractivity contribution in [3.8, 4) is 0 Å². The van der Waals surface area contributed by atoms with Crippen molar-refractivity contribution in [2.45, 2.75) is 26.3 Å². The highest BCUT2D eigenvalue weighted by atomic mass is 32.1. The Labute approximate surface area is 160 Å². The Hall–Kier alpha value is -2.09. The highest BCUT2D eigenvalue weighted by Crippen LogP contribution is 2.29. The molecule has 0 saturated heterocycles. The molecule has 0 aliphatic carbocycles. The number of nitrogens with zero attached hydrogens (tertiary/aromatic N) is 3. The molecule has 0 spiro atoms. The number of aromatic nitrogens is 2. The number of rotatable bonds is 4. The van der Waals surface area contributed by atoms with Crippen molar-refractivity contribution >= 4 is 33.7 Å². The molecular weight excluding hydrogens is 364 g/mol. The maximum Gasteiger partial charge on any atom is 0.269 e. The van der Waals surface area contributed by atoms with Gasteiger partial charge in [-0.05, 0) is 19.5 Å². The molecule has 7 heteroatoms. The largest absolute Gasteiger partial charge is 0.301 e. The molecule has 1 aromatic carbocycles. The van der Waals surface area contributed by atoms with Gasteiger partial charge in [0, 0.05) is 30.8 Å². The van der Waals surface area contributed by atoms with E-state index in [-0.39, 0.29) is 5.91 Å². The van der Waals surface area contributed by atoms with Gasteiger partial charge in [-0.2, -0.15) is 0 Å². The molecule has 26 heavy (non-hydrogen) atoms. The first-order valence-corrected chi connectivity index (χ1v) is 10.2. The molecule has 0 saturated carbocycles. The van der Waals surface area contributed by atoms with Crippen molar-refractivity contribution in [3.63, 3.8) is 0 Å². The zero-order valence-corrected chi connectivity index (χ0v) is 16.4. The first-order valence-electron chi connectivity index (χ1n) is 8.57. The number of amides is 1. The Bertz CT molecular complexity index is 932. The number of nitrogens with one attached hydrogen (secondary N) is 1. The summed E-state index contributed by atoms with van der Waals surface area (Å²) in [7, 11) is 2.11. The predicted octanol–water partition coefficient (Wildman–Crippen LogP) is 3.74. The number of benzene rings is 1. The van der Waals surface area contributed by atoms with Crippen LogP contribution in [0.5, 0.6) is 0 Å². The normalized spacial score (nSPS) is 14.2. The molecule has 134 valence electrons. The van der Waals surface area contributed by atoms with Crippen LogP contribution in [0, 0.1) is 6.92 Å². The minimum absolute atomic E-state index is 0.112. The van der Waals surface area contributed by atoms with Crippen LogP contribution in [0.2, 0.25) is 0 Å². The Kier molecular flexibility index (Phi) is 4.84. The first-order chi connectivity index (χ1) is 12.6. The van der Waals surface area contributed by atoms with E-state index in [4.69, 9.17) is 0 Å². The van der Waals surface area contributed by atoms with Crippen LogP contribution >= 0.6 is 22.7 Å². The zero-order valence-electron chi connectivity index (χ0n) is 14.8. The monoisotopic (exact) mass is 384 g/mol. The SMILES string of the molecule is Cc1nc(Cc2ccccc2)sc1C(=O)Nc1nc2c(s1)CN(C)CC2. The van der Waals surface area contributed by atoms with Gasteiger partial charge in [0.15, 0.2) is 5.13 Å². The quantitative estimate of drug-likeness (QED) is 0.744. The van der Waals surface area contributed by atoms with Gasteiger partial charge in [-0.1, -0.05) is 30.3 Å². The summed E-state index contributed by atoms with van der Waals surface area (Å²) in [5.74, 6) is -0.112. The maximum absolute atomic E-state index is 12.7. The molecule has 0 unspecified atom stereocenters. The van der Waals surface area contributed by atoms with E-state index >= 15 is 0 Å². The molecule has 3 aromatic rings. The Morgan fingerprint density at radius 2 is 2.04 bits per heavy atom. The molecule has 4 rings (SSSR count). The summed E-state index contributed by atoms with van der Waals surface area (Å²) in [6.07, 6.45) is 1.69. The fraction of sp³-hybridized carbons (Fsp3) is 0.316. The van der Waals surface area contributed by atoms with Gasteiger partial charge in [-0.3, -0.25) is 10.1 Å². The molecule has 1 aliphatic rings. The van der Waals surface area contributed by atoms with Crippen molar-refractivity contribution < 1.29 is 4.79 Å². The summed E-state index contributed by atoms with van der Waals surface area (Å²) in [5, 5.41) is 4.61. The van der Waals surface area contributed by atoms with E-state index in [1.165, 1.54) is 21.8 Å². The van der Waals surface area contributed by atoms with Crippen molar-refractivity contribution in [1.29, 1.82) is 0 Å². The lowest BCUT2D eigenvalue weighted by molar-refractivity contribution is 0.103. The van der Waals surface area contributed by atoms with Gasteiger partial charge in [0.05, 0.1) is 16.4 Å². The summed E-state index contributed by atoms with van der Waals surface area (Å²) in [4.78, 5) is 26.1. The van der Waals surface area contributed by atoms with E-state index in [2.05, 4.69) is 39.4 Å². The highest BCUT2D eigenvalue weighted by molar-refractivity contribution is 7.16. The number of hydrogen-bond acceptors (Lipinski definition) is 6. The van der Waals surface area contributed by atoms with Gasteiger partial charge < -0.3 is 4.90 Å². The third kappa shape index (κ3) is 3.70. The second-order valence-electron chi connectivity index (χ2n) is 6.52. The molecule has 2 aromatic heterocycles. The highest BCUT2D eigenvalue weighted by Gasteiger charge is 2.21. The minimum Gasteiger partial charge on any atom is -0.301 e. The number of carbonyl (C=O) groups excluding carboxylic acids is 1. The molecule has 0 atom stereocenters. The molecular formula is C19H20N4OS2. The van der Waals surface area contributed by atoms with Crippen LogP contribution in [0.1, 0.15) is 36.5 Å². The lowest BCUT2D eigenvalue weighted by atomic mass is 10.2. The topological polar surface area (TPSA) is 58.1 Å². The number of fused-ring (bicyclic) bond motifs is 1. The summed E-state index contributed by atoms with van der Waals surface area (Å²) in [5.41, 5.74) is 3.10. The van der Waals surface area contributed by atoms with Crippen molar-refractivity contribution in [2.24, 2.45) is 0 Å². The van der Waals surface area contributed by atoms with Crippen LogP contribution in [0.4, 0.5) is 5.13 Å².